The summed E-state index contributed by atoms with van der Waals surface area (Å²) in [4.78, 5) is 13.9. The van der Waals surface area contributed by atoms with Crippen LogP contribution in [0.15, 0.2) is 12.1 Å². The Labute approximate surface area is 127 Å². The number of carbonyl (C=O) groups excluding carboxylic acids is 1. The smallest absolute Gasteiger partial charge is 0.154 e. The van der Waals surface area contributed by atoms with E-state index in [9.17, 15) is 4.79 Å². The molecule has 2 rings (SSSR count). The zero-order chi connectivity index (χ0) is 15.6. The molecule has 21 heavy (non-hydrogen) atoms. The molecule has 0 saturated carbocycles. The molecule has 4 nitrogen and oxygen atoms in total. The molecule has 0 aliphatic carbocycles. The third-order valence-electron chi connectivity index (χ3n) is 3.59. The number of fused-ring (bicyclic) bond motifs is 1. The van der Waals surface area contributed by atoms with Crippen molar-refractivity contribution in [3.8, 4) is 11.8 Å². The van der Waals surface area contributed by atoms with Gasteiger partial charge in [0.15, 0.2) is 5.78 Å². The summed E-state index contributed by atoms with van der Waals surface area (Å²) in [6.45, 7) is 7.69. The predicted molar refractivity (Wildman–Crippen MR) is 83.4 cm³/mol. The van der Waals surface area contributed by atoms with Crippen molar-refractivity contribution in [2.75, 3.05) is 24.6 Å². The van der Waals surface area contributed by atoms with Gasteiger partial charge < -0.3 is 9.64 Å². The molecule has 0 spiro atoms. The Hall–Kier alpha value is -1.96. The lowest BCUT2D eigenvalue weighted by Crippen LogP contribution is -2.34. The summed E-state index contributed by atoms with van der Waals surface area (Å²) in [6, 6.07) is 5.81. The first kappa shape index (κ1) is 15.4. The van der Waals surface area contributed by atoms with Crippen LogP contribution >= 0.6 is 0 Å². The molecule has 0 aromatic heterocycles. The average Bonchev–Trinajstić information content (AvgIpc) is 2.45. The molecule has 0 bridgehead atoms. The summed E-state index contributed by atoms with van der Waals surface area (Å²) in [5.41, 5.74) is 2.20. The first-order chi connectivity index (χ1) is 9.88. The summed E-state index contributed by atoms with van der Waals surface area (Å²) in [5, 5.41) is 8.98. The monoisotopic (exact) mass is 282 g/mol. The minimum Gasteiger partial charge on any atom is -0.489 e. The second kappa shape index (κ2) is 5.81. The minimum absolute atomic E-state index is 0.0263. The number of nitriles is 1. The van der Waals surface area contributed by atoms with Crippen molar-refractivity contribution in [3.05, 3.63) is 23.3 Å². The van der Waals surface area contributed by atoms with Crippen molar-refractivity contribution in [1.82, 2.24) is 0 Å². The maximum Gasteiger partial charge on any atom is 0.154 e. The minimum atomic E-state index is -0.162. The van der Waals surface area contributed by atoms with E-state index in [2.05, 4.69) is 26.8 Å². The fourth-order valence-corrected chi connectivity index (χ4v) is 2.46. The molecule has 0 amide bonds. The zero-order valence-electron chi connectivity index (χ0n) is 12.8. The van der Waals surface area contributed by atoms with E-state index in [1.54, 1.807) is 6.07 Å². The standard InChI is InChI=1S/C16H19BN2O2/c1-16(2,3)12-8-11(14(20)10-17)9-13-15(12)21-7-6-19(13)5-4-18/h8-9H,5-7,10H2,1-3H3. The average molecular weight is 282 g/mol. The van der Waals surface area contributed by atoms with E-state index in [0.29, 0.717) is 18.7 Å². The number of ketones is 1. The van der Waals surface area contributed by atoms with Crippen LogP contribution in [0.2, 0.25) is 6.32 Å². The van der Waals surface area contributed by atoms with Crippen LogP contribution in [0.25, 0.3) is 0 Å². The molecule has 0 unspecified atom stereocenters. The van der Waals surface area contributed by atoms with Gasteiger partial charge in [-0.3, -0.25) is 4.79 Å². The first-order valence-corrected chi connectivity index (χ1v) is 7.05. The summed E-state index contributed by atoms with van der Waals surface area (Å²) >= 11 is 0. The Morgan fingerprint density at radius 1 is 1.48 bits per heavy atom. The van der Waals surface area contributed by atoms with Crippen molar-refractivity contribution in [2.45, 2.75) is 32.5 Å². The van der Waals surface area contributed by atoms with Gasteiger partial charge in [0.05, 0.1) is 26.1 Å². The Balaban J connectivity index is 2.64. The van der Waals surface area contributed by atoms with Crippen molar-refractivity contribution in [1.29, 1.82) is 5.26 Å². The summed E-state index contributed by atoms with van der Waals surface area (Å²) < 4.78 is 5.83. The molecule has 1 aliphatic rings. The van der Waals surface area contributed by atoms with Gasteiger partial charge in [-0.1, -0.05) is 20.8 Å². The van der Waals surface area contributed by atoms with Crippen LogP contribution in [-0.2, 0) is 5.41 Å². The lowest BCUT2D eigenvalue weighted by molar-refractivity contribution is 0.101. The van der Waals surface area contributed by atoms with Crippen molar-refractivity contribution in [2.24, 2.45) is 0 Å². The molecule has 1 aromatic carbocycles. The van der Waals surface area contributed by atoms with Crippen LogP contribution in [0.1, 0.15) is 36.7 Å². The van der Waals surface area contributed by atoms with Gasteiger partial charge in [0, 0.05) is 11.1 Å². The highest BCUT2D eigenvalue weighted by Crippen LogP contribution is 2.42. The van der Waals surface area contributed by atoms with Gasteiger partial charge in [-0.25, -0.2) is 0 Å². The van der Waals surface area contributed by atoms with Gasteiger partial charge in [0.1, 0.15) is 18.9 Å². The van der Waals surface area contributed by atoms with E-state index in [4.69, 9.17) is 17.8 Å². The van der Waals surface area contributed by atoms with Crippen LogP contribution in [0.4, 0.5) is 5.69 Å². The molecular formula is C16H19BN2O2. The Kier molecular flexibility index (Phi) is 4.27. The first-order valence-electron chi connectivity index (χ1n) is 7.05. The third-order valence-corrected chi connectivity index (χ3v) is 3.59. The van der Waals surface area contributed by atoms with Crippen LogP contribution in [0.5, 0.6) is 5.75 Å². The maximum atomic E-state index is 12.0. The maximum absolute atomic E-state index is 12.0. The van der Waals surface area contributed by atoms with Gasteiger partial charge in [-0.05, 0) is 23.9 Å². The quantitative estimate of drug-likeness (QED) is 0.485. The van der Waals surface area contributed by atoms with E-state index in [-0.39, 0.29) is 24.1 Å². The second-order valence-electron chi connectivity index (χ2n) is 6.18. The number of hydrogen-bond donors (Lipinski definition) is 0. The molecule has 1 aliphatic heterocycles. The molecule has 2 radical (unpaired) electrons. The van der Waals surface area contributed by atoms with E-state index in [0.717, 1.165) is 17.0 Å². The van der Waals surface area contributed by atoms with Crippen LogP contribution in [0.3, 0.4) is 0 Å². The van der Waals surface area contributed by atoms with E-state index < -0.39 is 0 Å². The molecular weight excluding hydrogens is 263 g/mol. The largest absolute Gasteiger partial charge is 0.489 e. The second-order valence-corrected chi connectivity index (χ2v) is 6.18. The Morgan fingerprint density at radius 2 is 2.19 bits per heavy atom. The molecule has 0 fully saturated rings. The van der Waals surface area contributed by atoms with Gasteiger partial charge in [0.25, 0.3) is 0 Å². The predicted octanol–water partition coefficient (Wildman–Crippen LogP) is 2.48. The number of ether oxygens (including phenoxy) is 1. The highest BCUT2D eigenvalue weighted by Gasteiger charge is 2.28. The highest BCUT2D eigenvalue weighted by atomic mass is 16.5. The lowest BCUT2D eigenvalue weighted by atomic mass is 9.83. The molecule has 0 saturated heterocycles. The van der Waals surface area contributed by atoms with E-state index in [1.807, 2.05) is 11.0 Å². The van der Waals surface area contributed by atoms with E-state index >= 15 is 0 Å². The van der Waals surface area contributed by atoms with Crippen molar-refractivity contribution >= 4 is 19.3 Å². The number of carbonyl (C=O) groups is 1. The van der Waals surface area contributed by atoms with Crippen molar-refractivity contribution < 1.29 is 9.53 Å². The Bertz CT molecular complexity index is 600. The number of rotatable bonds is 3. The zero-order valence-corrected chi connectivity index (χ0v) is 12.8. The Morgan fingerprint density at radius 3 is 2.76 bits per heavy atom. The SMILES string of the molecule is [B]CC(=O)c1cc2c(c(C(C)(C)C)c1)OCCN2CC#N. The third kappa shape index (κ3) is 3.05. The van der Waals surface area contributed by atoms with E-state index in [1.165, 1.54) is 0 Å². The summed E-state index contributed by atoms with van der Waals surface area (Å²) in [7, 11) is 5.49. The molecule has 1 heterocycles. The number of benzene rings is 1. The van der Waals surface area contributed by atoms with Crippen LogP contribution < -0.4 is 9.64 Å². The molecule has 1 aromatic rings. The number of Topliss-reactive ketones (excluding diaryl/α,β-unsaturated/α-hetero) is 1. The molecule has 5 heteroatoms. The van der Waals surface area contributed by atoms with Crippen molar-refractivity contribution in [3.63, 3.8) is 0 Å². The summed E-state index contributed by atoms with van der Waals surface area (Å²) in [5.74, 6) is 0.670. The number of hydrogen-bond acceptors (Lipinski definition) is 4. The molecule has 108 valence electrons. The van der Waals surface area contributed by atoms with Gasteiger partial charge >= 0.3 is 0 Å². The normalized spacial score (nSPS) is 14.1. The van der Waals surface area contributed by atoms with Gasteiger partial charge in [-0.2, -0.15) is 5.26 Å². The molecule has 0 N–H and O–H groups in total. The van der Waals surface area contributed by atoms with Gasteiger partial charge in [0.2, 0.25) is 0 Å². The van der Waals surface area contributed by atoms with Crippen LogP contribution in [-0.4, -0.2) is 33.3 Å². The fourth-order valence-electron chi connectivity index (χ4n) is 2.46. The number of nitrogens with zero attached hydrogens (tertiary/aromatic N) is 2. The topological polar surface area (TPSA) is 53.3 Å². The number of anilines is 1. The summed E-state index contributed by atoms with van der Waals surface area (Å²) in [6.07, 6.45) is -0.0263. The van der Waals surface area contributed by atoms with Gasteiger partial charge in [-0.15, -0.1) is 0 Å². The fraction of sp³-hybridized carbons (Fsp3) is 0.500. The van der Waals surface area contributed by atoms with Crippen LogP contribution in [0, 0.1) is 11.3 Å². The highest BCUT2D eigenvalue weighted by molar-refractivity contribution is 6.24. The lowest BCUT2D eigenvalue weighted by Gasteiger charge is -2.34. The molecule has 0 atom stereocenters.